The molecule has 0 spiro atoms. The van der Waals surface area contributed by atoms with E-state index in [9.17, 15) is 0 Å². The van der Waals surface area contributed by atoms with Gasteiger partial charge in [-0.25, -0.2) is 0 Å². The van der Waals surface area contributed by atoms with Crippen molar-refractivity contribution in [2.24, 2.45) is 0 Å². The van der Waals surface area contributed by atoms with E-state index < -0.39 is 0 Å². The molecule has 74 valence electrons. The van der Waals surface area contributed by atoms with Gasteiger partial charge in [0.25, 0.3) is 0 Å². The number of rotatable bonds is 3. The summed E-state index contributed by atoms with van der Waals surface area (Å²) in [5.74, 6) is 0. The fourth-order valence-electron chi connectivity index (χ4n) is 0.593. The topological polar surface area (TPSA) is 36.9 Å². The van der Waals surface area contributed by atoms with Crippen LogP contribution in [0.2, 0.25) is 0 Å². The molecule has 4 heteroatoms. The first-order chi connectivity index (χ1) is 5.81. The third-order valence-electron chi connectivity index (χ3n) is 1.28. The minimum Gasteiger partial charge on any atom is -0.382 e. The molecule has 12 heavy (non-hydrogen) atoms. The predicted molar refractivity (Wildman–Crippen MR) is 45.1 cm³/mol. The van der Waals surface area contributed by atoms with E-state index in [0.29, 0.717) is 26.1 Å². The number of hydrogen-bond acceptors (Lipinski definition) is 4. The van der Waals surface area contributed by atoms with Crippen molar-refractivity contribution in [1.29, 1.82) is 0 Å². The summed E-state index contributed by atoms with van der Waals surface area (Å²) >= 11 is 0. The Kier molecular flexibility index (Phi) is 8.81. The highest BCUT2D eigenvalue weighted by atomic mass is 16.7. The van der Waals surface area contributed by atoms with Gasteiger partial charge in [-0.2, -0.15) is 0 Å². The SMILES string of the molecule is CC1COCO1.COCCOC. The third-order valence-corrected chi connectivity index (χ3v) is 1.28. The monoisotopic (exact) mass is 178 g/mol. The van der Waals surface area contributed by atoms with Gasteiger partial charge in [0.05, 0.1) is 25.9 Å². The number of methoxy groups -OCH3 is 2. The summed E-state index contributed by atoms with van der Waals surface area (Å²) in [5.41, 5.74) is 0. The van der Waals surface area contributed by atoms with Gasteiger partial charge in [-0.1, -0.05) is 0 Å². The molecule has 0 aromatic rings. The first-order valence-electron chi connectivity index (χ1n) is 3.98. The van der Waals surface area contributed by atoms with E-state index in [4.69, 9.17) is 9.47 Å². The molecule has 0 amide bonds. The number of ether oxygens (including phenoxy) is 4. The van der Waals surface area contributed by atoms with Crippen LogP contribution in [-0.4, -0.2) is 46.9 Å². The summed E-state index contributed by atoms with van der Waals surface area (Å²) in [4.78, 5) is 0. The van der Waals surface area contributed by atoms with E-state index in [2.05, 4.69) is 9.47 Å². The maximum atomic E-state index is 4.93. The summed E-state index contributed by atoms with van der Waals surface area (Å²) in [6, 6.07) is 0. The molecule has 0 radical (unpaired) electrons. The zero-order chi connectivity index (χ0) is 9.23. The highest BCUT2D eigenvalue weighted by molar-refractivity contribution is 4.47. The molecular formula is C8H18O4. The second-order valence-corrected chi connectivity index (χ2v) is 2.45. The molecule has 0 aromatic carbocycles. The first kappa shape index (κ1) is 11.8. The highest BCUT2D eigenvalue weighted by Gasteiger charge is 2.07. The van der Waals surface area contributed by atoms with Gasteiger partial charge < -0.3 is 18.9 Å². The average molecular weight is 178 g/mol. The normalized spacial score (nSPS) is 21.8. The Morgan fingerprint density at radius 1 is 1.25 bits per heavy atom. The second kappa shape index (κ2) is 8.93. The van der Waals surface area contributed by atoms with Crippen molar-refractivity contribution in [3.8, 4) is 0 Å². The molecule has 1 atom stereocenters. The average Bonchev–Trinajstić information content (AvgIpc) is 2.53. The molecule has 0 bridgehead atoms. The molecule has 1 heterocycles. The molecule has 0 aliphatic carbocycles. The highest BCUT2D eigenvalue weighted by Crippen LogP contribution is 1.98. The van der Waals surface area contributed by atoms with Crippen LogP contribution in [0.1, 0.15) is 6.92 Å². The molecular weight excluding hydrogens is 160 g/mol. The summed E-state index contributed by atoms with van der Waals surface area (Å²) in [7, 11) is 3.30. The molecule has 1 rings (SSSR count). The molecule has 4 nitrogen and oxygen atoms in total. The van der Waals surface area contributed by atoms with Crippen LogP contribution in [0.5, 0.6) is 0 Å². The fraction of sp³-hybridized carbons (Fsp3) is 1.00. The van der Waals surface area contributed by atoms with Gasteiger partial charge in [0, 0.05) is 14.2 Å². The molecule has 1 aliphatic heterocycles. The van der Waals surface area contributed by atoms with Crippen LogP contribution in [-0.2, 0) is 18.9 Å². The minimum absolute atomic E-state index is 0.324. The third kappa shape index (κ3) is 7.94. The lowest BCUT2D eigenvalue weighted by Gasteiger charge is -1.91. The first-order valence-corrected chi connectivity index (χ1v) is 3.98. The zero-order valence-corrected chi connectivity index (χ0v) is 8.04. The molecule has 0 saturated carbocycles. The van der Waals surface area contributed by atoms with Crippen molar-refractivity contribution in [2.75, 3.05) is 40.8 Å². The van der Waals surface area contributed by atoms with Crippen LogP contribution in [0.4, 0.5) is 0 Å². The Morgan fingerprint density at radius 2 is 1.83 bits per heavy atom. The second-order valence-electron chi connectivity index (χ2n) is 2.45. The quantitative estimate of drug-likeness (QED) is 0.595. The van der Waals surface area contributed by atoms with Crippen LogP contribution < -0.4 is 0 Å². The van der Waals surface area contributed by atoms with E-state index in [1.165, 1.54) is 0 Å². The summed E-state index contributed by atoms with van der Waals surface area (Å²) in [6.45, 7) is 4.63. The molecule has 1 saturated heterocycles. The lowest BCUT2D eigenvalue weighted by Crippen LogP contribution is -2.00. The summed E-state index contributed by atoms with van der Waals surface area (Å²) in [6.07, 6.45) is 0.324. The maximum Gasteiger partial charge on any atom is 0.147 e. The van der Waals surface area contributed by atoms with Crippen molar-refractivity contribution in [2.45, 2.75) is 13.0 Å². The molecule has 1 aliphatic rings. The van der Waals surface area contributed by atoms with Gasteiger partial charge in [0.1, 0.15) is 6.79 Å². The van der Waals surface area contributed by atoms with Crippen LogP contribution in [0.15, 0.2) is 0 Å². The van der Waals surface area contributed by atoms with E-state index in [-0.39, 0.29) is 0 Å². The van der Waals surface area contributed by atoms with Gasteiger partial charge in [-0.3, -0.25) is 0 Å². The largest absolute Gasteiger partial charge is 0.382 e. The van der Waals surface area contributed by atoms with Gasteiger partial charge in [-0.05, 0) is 6.92 Å². The van der Waals surface area contributed by atoms with E-state index in [1.807, 2.05) is 6.92 Å². The van der Waals surface area contributed by atoms with Crippen molar-refractivity contribution in [1.82, 2.24) is 0 Å². The van der Waals surface area contributed by atoms with Crippen LogP contribution in [0, 0.1) is 0 Å². The van der Waals surface area contributed by atoms with Gasteiger partial charge >= 0.3 is 0 Å². The van der Waals surface area contributed by atoms with E-state index in [1.54, 1.807) is 14.2 Å². The zero-order valence-electron chi connectivity index (χ0n) is 8.04. The molecule has 0 aromatic heterocycles. The van der Waals surface area contributed by atoms with Crippen LogP contribution in [0.25, 0.3) is 0 Å². The number of hydrogen-bond donors (Lipinski definition) is 0. The molecule has 0 N–H and O–H groups in total. The summed E-state index contributed by atoms with van der Waals surface area (Å²) in [5, 5.41) is 0. The minimum atomic E-state index is 0.324. The van der Waals surface area contributed by atoms with E-state index >= 15 is 0 Å². The summed E-state index contributed by atoms with van der Waals surface area (Å²) < 4.78 is 19.1. The molecule has 1 unspecified atom stereocenters. The van der Waals surface area contributed by atoms with Gasteiger partial charge in [0.2, 0.25) is 0 Å². The Labute approximate surface area is 73.7 Å². The van der Waals surface area contributed by atoms with Crippen LogP contribution in [0.3, 0.4) is 0 Å². The van der Waals surface area contributed by atoms with Gasteiger partial charge in [0.15, 0.2) is 0 Å². The standard InChI is InChI=1S/C4H8O2.C4H10O2/c1-4-2-5-3-6-4;1-5-3-4-6-2/h4H,2-3H2,1H3;3-4H2,1-2H3. The smallest absolute Gasteiger partial charge is 0.147 e. The Bertz CT molecular complexity index is 77.1. The van der Waals surface area contributed by atoms with Gasteiger partial charge in [-0.15, -0.1) is 0 Å². The predicted octanol–water partition coefficient (Wildman–Crippen LogP) is 0.658. The lowest BCUT2D eigenvalue weighted by atomic mass is 10.5. The van der Waals surface area contributed by atoms with Crippen molar-refractivity contribution in [3.05, 3.63) is 0 Å². The Balaban J connectivity index is 0.000000202. The van der Waals surface area contributed by atoms with Crippen LogP contribution >= 0.6 is 0 Å². The maximum absolute atomic E-state index is 4.93. The van der Waals surface area contributed by atoms with Crippen molar-refractivity contribution >= 4 is 0 Å². The van der Waals surface area contributed by atoms with Crippen molar-refractivity contribution < 1.29 is 18.9 Å². The lowest BCUT2D eigenvalue weighted by molar-refractivity contribution is 0.0514. The Hall–Kier alpha value is -0.160. The fourth-order valence-corrected chi connectivity index (χ4v) is 0.593. The van der Waals surface area contributed by atoms with Crippen molar-refractivity contribution in [3.63, 3.8) is 0 Å². The Morgan fingerprint density at radius 3 is 2.00 bits per heavy atom. The molecule has 1 fully saturated rings. The van der Waals surface area contributed by atoms with E-state index in [0.717, 1.165) is 6.61 Å².